The topological polar surface area (TPSA) is 67.2 Å². The number of allylic oxidation sites excluding steroid dienone is 2. The highest BCUT2D eigenvalue weighted by atomic mass is 79.9. The smallest absolute Gasteiger partial charge is 0.159 e. The molecule has 0 saturated carbocycles. The highest BCUT2D eigenvalue weighted by molar-refractivity contribution is 9.18. The molecule has 0 bridgehead atoms. The number of ether oxygens (including phenoxy) is 1. The van der Waals surface area contributed by atoms with Crippen LogP contribution in [0.3, 0.4) is 0 Å². The number of Topliss-reactive ketones (excluding diaryl/α,β-unsaturated/α-hetero) is 2. The second-order valence-corrected chi connectivity index (χ2v) is 6.43. The predicted octanol–water partition coefficient (Wildman–Crippen LogP) is 4.60. The van der Waals surface area contributed by atoms with E-state index in [1.165, 1.54) is 45.1 Å². The lowest BCUT2D eigenvalue weighted by molar-refractivity contribution is -0.121. The van der Waals surface area contributed by atoms with Crippen molar-refractivity contribution in [2.75, 3.05) is 6.61 Å². The normalized spacial score (nSPS) is 18.2. The molecule has 5 heteroatoms. The van der Waals surface area contributed by atoms with E-state index in [-0.39, 0.29) is 29.0 Å². The molecule has 4 nitrogen and oxygen atoms in total. The lowest BCUT2D eigenvalue weighted by Crippen LogP contribution is -2.18. The second-order valence-electron chi connectivity index (χ2n) is 5.58. The summed E-state index contributed by atoms with van der Waals surface area (Å²) < 4.78 is 5.69. The fraction of sp³-hybridized carbons (Fsp3) is 0.706. The van der Waals surface area contributed by atoms with Crippen molar-refractivity contribution in [1.82, 2.24) is 0 Å². The van der Waals surface area contributed by atoms with Crippen LogP contribution in [0, 0.1) is 5.41 Å². The molecule has 126 valence electrons. The van der Waals surface area contributed by atoms with Gasteiger partial charge in [-0.1, -0.05) is 13.3 Å². The molecule has 1 atom stereocenters. The minimum absolute atomic E-state index is 0.00932. The number of halogens is 1. The molecule has 1 heterocycles. The molecule has 0 radical (unpaired) electrons. The number of hydrogen-bond donors (Lipinski definition) is 1. The van der Waals surface area contributed by atoms with Gasteiger partial charge in [-0.15, -0.1) is 0 Å². The highest BCUT2D eigenvalue weighted by Gasteiger charge is 2.11. The molecule has 1 N–H and O–H groups in total. The molecule has 0 aliphatic carbocycles. The summed E-state index contributed by atoms with van der Waals surface area (Å²) in [6.07, 6.45) is 9.03. The Balaban J connectivity index is 0.000000425. The third kappa shape index (κ3) is 11.8. The van der Waals surface area contributed by atoms with E-state index in [1.807, 2.05) is 0 Å². The van der Waals surface area contributed by atoms with Gasteiger partial charge >= 0.3 is 0 Å². The van der Waals surface area contributed by atoms with E-state index in [0.29, 0.717) is 11.7 Å². The summed E-state index contributed by atoms with van der Waals surface area (Å²) in [6, 6.07) is 0. The summed E-state index contributed by atoms with van der Waals surface area (Å²) in [7, 11) is 0. The molecule has 0 aromatic rings. The van der Waals surface area contributed by atoms with Gasteiger partial charge in [-0.05, 0) is 67.1 Å². The first-order valence-electron chi connectivity index (χ1n) is 7.93. The van der Waals surface area contributed by atoms with Crippen LogP contribution in [0.25, 0.3) is 0 Å². The van der Waals surface area contributed by atoms with E-state index < -0.39 is 0 Å². The maximum Gasteiger partial charge on any atom is 0.159 e. The molecular weight excluding hydrogens is 346 g/mol. The third-order valence-electron chi connectivity index (χ3n) is 3.37. The van der Waals surface area contributed by atoms with Crippen LogP contribution in [0.1, 0.15) is 65.7 Å². The first-order chi connectivity index (χ1) is 10.4. The Morgan fingerprint density at radius 3 is 2.41 bits per heavy atom. The van der Waals surface area contributed by atoms with Crippen LogP contribution < -0.4 is 0 Å². The number of carbonyl (C=O) groups excluding carboxylic acids is 2. The van der Waals surface area contributed by atoms with Crippen LogP contribution in [-0.2, 0) is 14.3 Å². The first-order valence-corrected chi connectivity index (χ1v) is 8.72. The van der Waals surface area contributed by atoms with Crippen molar-refractivity contribution in [2.24, 2.45) is 0 Å². The quantitative estimate of drug-likeness (QED) is 0.523. The molecule has 22 heavy (non-hydrogen) atoms. The van der Waals surface area contributed by atoms with Gasteiger partial charge < -0.3 is 9.53 Å². The van der Waals surface area contributed by atoms with Crippen molar-refractivity contribution >= 4 is 32.1 Å². The van der Waals surface area contributed by atoms with Crippen molar-refractivity contribution in [1.29, 1.82) is 5.41 Å². The number of carbonyl (C=O) groups is 2. The molecule has 1 unspecified atom stereocenters. The summed E-state index contributed by atoms with van der Waals surface area (Å²) in [5, 5.41) is 7.06. The third-order valence-corrected chi connectivity index (χ3v) is 3.60. The van der Waals surface area contributed by atoms with Gasteiger partial charge in [0.1, 0.15) is 5.78 Å². The Morgan fingerprint density at radius 2 is 1.95 bits per heavy atom. The summed E-state index contributed by atoms with van der Waals surface area (Å²) in [5.74, 6) is -0.0746. The monoisotopic (exact) mass is 373 g/mol. The lowest BCUT2D eigenvalue weighted by Gasteiger charge is -2.21. The van der Waals surface area contributed by atoms with Gasteiger partial charge in [-0.25, -0.2) is 0 Å². The van der Waals surface area contributed by atoms with Crippen molar-refractivity contribution in [2.45, 2.75) is 71.8 Å². The SMILES string of the molecule is CC(=O)CCC(=O)/C(C)=C/C(=N)Br.CCCC1CCCCO1. The van der Waals surface area contributed by atoms with E-state index in [4.69, 9.17) is 10.1 Å². The fourth-order valence-corrected chi connectivity index (χ4v) is 2.46. The Labute approximate surface area is 142 Å². The maximum absolute atomic E-state index is 11.2. The average molecular weight is 374 g/mol. The van der Waals surface area contributed by atoms with Gasteiger partial charge in [0.2, 0.25) is 0 Å². The first kappa shape index (κ1) is 21.2. The van der Waals surface area contributed by atoms with Crippen molar-refractivity contribution < 1.29 is 14.3 Å². The Hall–Kier alpha value is -0.810. The average Bonchev–Trinajstić information content (AvgIpc) is 2.46. The standard InChI is InChI=1S/C9H12BrNO2.C8H16O/c1-6(5-9(10)11)8(13)4-3-7(2)12;1-2-5-8-6-3-4-7-9-8/h5,11H,3-4H2,1-2H3;8H,2-7H2,1H3/b6-5+,11-9?;. The Bertz CT molecular complexity index is 396. The molecule has 1 saturated heterocycles. The van der Waals surface area contributed by atoms with E-state index >= 15 is 0 Å². The van der Waals surface area contributed by atoms with Crippen LogP contribution in [0.4, 0.5) is 0 Å². The van der Waals surface area contributed by atoms with Crippen molar-refractivity contribution in [3.05, 3.63) is 11.6 Å². The fourth-order valence-electron chi connectivity index (χ4n) is 2.11. The minimum Gasteiger partial charge on any atom is -0.378 e. The van der Waals surface area contributed by atoms with Gasteiger partial charge in [-0.3, -0.25) is 10.2 Å². The van der Waals surface area contributed by atoms with E-state index in [9.17, 15) is 9.59 Å². The van der Waals surface area contributed by atoms with E-state index in [2.05, 4.69) is 22.9 Å². The van der Waals surface area contributed by atoms with Crippen LogP contribution in [0.2, 0.25) is 0 Å². The zero-order chi connectivity index (χ0) is 17.0. The number of rotatable bonds is 7. The zero-order valence-corrected chi connectivity index (χ0v) is 15.5. The molecule has 1 fully saturated rings. The predicted molar refractivity (Wildman–Crippen MR) is 93.8 cm³/mol. The van der Waals surface area contributed by atoms with Gasteiger partial charge in [0.05, 0.1) is 10.7 Å². The molecule has 1 rings (SSSR count). The Morgan fingerprint density at radius 1 is 1.27 bits per heavy atom. The highest BCUT2D eigenvalue weighted by Crippen LogP contribution is 2.16. The largest absolute Gasteiger partial charge is 0.378 e. The summed E-state index contributed by atoms with van der Waals surface area (Å²) in [4.78, 5) is 21.8. The minimum atomic E-state index is -0.0839. The second kappa shape index (κ2) is 12.7. The lowest BCUT2D eigenvalue weighted by atomic mass is 10.1. The van der Waals surface area contributed by atoms with Crippen LogP contribution in [0.5, 0.6) is 0 Å². The molecular formula is C17H28BrNO3. The van der Waals surface area contributed by atoms with Crippen LogP contribution in [0.15, 0.2) is 11.6 Å². The number of nitrogens with one attached hydrogen (secondary N) is 1. The van der Waals surface area contributed by atoms with Crippen molar-refractivity contribution in [3.8, 4) is 0 Å². The number of hydrogen-bond acceptors (Lipinski definition) is 4. The van der Waals surface area contributed by atoms with E-state index in [0.717, 1.165) is 6.61 Å². The number of ketones is 2. The van der Waals surface area contributed by atoms with Gasteiger partial charge in [0.25, 0.3) is 0 Å². The van der Waals surface area contributed by atoms with Gasteiger partial charge in [0.15, 0.2) is 5.78 Å². The zero-order valence-electron chi connectivity index (χ0n) is 13.9. The molecule has 1 aliphatic rings. The molecule has 0 aromatic carbocycles. The maximum atomic E-state index is 11.2. The molecule has 0 aromatic heterocycles. The van der Waals surface area contributed by atoms with Gasteiger partial charge in [-0.2, -0.15) is 0 Å². The van der Waals surface area contributed by atoms with Crippen LogP contribution in [-0.4, -0.2) is 28.9 Å². The van der Waals surface area contributed by atoms with Gasteiger partial charge in [0, 0.05) is 19.4 Å². The summed E-state index contributed by atoms with van der Waals surface area (Å²) in [5.41, 5.74) is 0.503. The summed E-state index contributed by atoms with van der Waals surface area (Å²) >= 11 is 2.91. The molecule has 0 spiro atoms. The molecule has 0 amide bonds. The van der Waals surface area contributed by atoms with Crippen molar-refractivity contribution in [3.63, 3.8) is 0 Å². The summed E-state index contributed by atoms with van der Waals surface area (Å²) in [6.45, 7) is 6.32. The van der Waals surface area contributed by atoms with E-state index in [1.54, 1.807) is 6.92 Å². The molecule has 1 aliphatic heterocycles. The van der Waals surface area contributed by atoms with Crippen LogP contribution >= 0.6 is 15.9 Å². The Kier molecular flexibility index (Phi) is 12.2.